The van der Waals surface area contributed by atoms with Crippen molar-refractivity contribution in [3.8, 4) is 0 Å². The first-order valence-corrected chi connectivity index (χ1v) is 9.18. The fourth-order valence-corrected chi connectivity index (χ4v) is 6.08. The van der Waals surface area contributed by atoms with E-state index in [2.05, 4.69) is 12.5 Å². The van der Waals surface area contributed by atoms with E-state index in [9.17, 15) is 0 Å². The SMILES string of the molecule is CC1CCCCC1[S][Pr]. The number of hydrogen-bond acceptors (Lipinski definition) is 1. The van der Waals surface area contributed by atoms with Crippen molar-refractivity contribution in [3.63, 3.8) is 0 Å². The van der Waals surface area contributed by atoms with Crippen molar-refractivity contribution >= 4 is 5.59 Å². The fourth-order valence-electron chi connectivity index (χ4n) is 1.48. The van der Waals surface area contributed by atoms with Gasteiger partial charge in [-0.2, -0.15) is 0 Å². The third kappa shape index (κ3) is 2.67. The molecular weight excluding hydrogens is 257 g/mol. The minimum atomic E-state index is 1.02. The predicted molar refractivity (Wildman–Crippen MR) is 39.0 cm³/mol. The molecule has 0 radical (unpaired) electrons. The quantitative estimate of drug-likeness (QED) is 0.706. The molecule has 1 aliphatic carbocycles. The third-order valence-electron chi connectivity index (χ3n) is 2.21. The summed E-state index contributed by atoms with van der Waals surface area (Å²) in [5.41, 5.74) is 2.22. The van der Waals surface area contributed by atoms with Crippen LogP contribution in [-0.2, 0) is 0 Å². The normalized spacial score (nSPS) is 36.4. The molecule has 0 nitrogen and oxygen atoms in total. The van der Waals surface area contributed by atoms with Gasteiger partial charge in [0.15, 0.2) is 0 Å². The molecule has 1 saturated carbocycles. The summed E-state index contributed by atoms with van der Waals surface area (Å²) in [5.74, 6) is 1.02. The van der Waals surface area contributed by atoms with Crippen LogP contribution in [0.4, 0.5) is 0 Å². The molecule has 0 aromatic rings. The van der Waals surface area contributed by atoms with E-state index in [-0.39, 0.29) is 0 Å². The van der Waals surface area contributed by atoms with Gasteiger partial charge in [0.2, 0.25) is 0 Å². The Kier molecular flexibility index (Phi) is 4.47. The van der Waals surface area contributed by atoms with Gasteiger partial charge in [-0.1, -0.05) is 0 Å². The molecule has 0 amide bonds. The standard InChI is InChI=1S/C7H14S.Pr/c1-6-4-2-3-5-7(6)8;/h6-8H,2-5H2,1H3;/q;+1/p-1. The van der Waals surface area contributed by atoms with Crippen LogP contribution in [0.2, 0.25) is 0 Å². The summed E-state index contributed by atoms with van der Waals surface area (Å²) in [4.78, 5) is 0. The minimum absolute atomic E-state index is 1.02. The molecule has 0 N–H and O–H groups in total. The van der Waals surface area contributed by atoms with Gasteiger partial charge in [0, 0.05) is 0 Å². The number of rotatable bonds is 1. The molecule has 1 aliphatic rings. The zero-order valence-corrected chi connectivity index (χ0v) is 10.5. The van der Waals surface area contributed by atoms with Gasteiger partial charge < -0.3 is 0 Å². The van der Waals surface area contributed by atoms with Crippen LogP contribution < -0.4 is 0 Å². The molecule has 0 spiro atoms. The summed E-state index contributed by atoms with van der Waals surface area (Å²) in [6, 6.07) is 0. The van der Waals surface area contributed by atoms with Crippen LogP contribution in [0, 0.1) is 43.2 Å². The molecule has 2 atom stereocenters. The van der Waals surface area contributed by atoms with Crippen LogP contribution in [-0.4, -0.2) is 5.25 Å². The van der Waals surface area contributed by atoms with Crippen molar-refractivity contribution in [2.24, 2.45) is 5.92 Å². The van der Waals surface area contributed by atoms with Gasteiger partial charge in [-0.05, 0) is 0 Å². The summed E-state index contributed by atoms with van der Waals surface area (Å²) in [7, 11) is 0. The maximum atomic E-state index is 2.42. The Bertz CT molecular complexity index is 85.0. The van der Waals surface area contributed by atoms with Crippen molar-refractivity contribution in [1.29, 1.82) is 0 Å². The van der Waals surface area contributed by atoms with E-state index in [1.807, 2.05) is 0 Å². The van der Waals surface area contributed by atoms with Crippen molar-refractivity contribution in [3.05, 3.63) is 0 Å². The predicted octanol–water partition coefficient (Wildman–Crippen LogP) is 2.76. The van der Waals surface area contributed by atoms with E-state index in [0.717, 1.165) is 48.4 Å². The zero-order chi connectivity index (χ0) is 6.69. The summed E-state index contributed by atoms with van der Waals surface area (Å²) in [6.07, 6.45) is 5.98. The van der Waals surface area contributed by atoms with E-state index >= 15 is 0 Å². The van der Waals surface area contributed by atoms with Crippen LogP contribution in [0.3, 0.4) is 0 Å². The molecule has 0 heterocycles. The monoisotopic (exact) mass is 270 g/mol. The Balaban J connectivity index is 2.30. The summed E-state index contributed by atoms with van der Waals surface area (Å²) in [6.45, 7) is 2.42. The molecule has 0 bridgehead atoms. The Morgan fingerprint density at radius 2 is 2.00 bits per heavy atom. The topological polar surface area (TPSA) is 0 Å². The van der Waals surface area contributed by atoms with E-state index in [0.29, 0.717) is 0 Å². The van der Waals surface area contributed by atoms with Crippen LogP contribution in [0.15, 0.2) is 0 Å². The second-order valence-corrected chi connectivity index (χ2v) is 6.43. The maximum absolute atomic E-state index is 2.42. The summed E-state index contributed by atoms with van der Waals surface area (Å²) in [5, 5.41) is 1.05. The van der Waals surface area contributed by atoms with Crippen LogP contribution in [0.1, 0.15) is 32.6 Å². The average molecular weight is 270 g/mol. The molecule has 0 aromatic heterocycles. The van der Waals surface area contributed by atoms with Crippen molar-refractivity contribution in [2.75, 3.05) is 0 Å². The molecule has 2 unspecified atom stereocenters. The van der Waals surface area contributed by atoms with Crippen LogP contribution >= 0.6 is 5.59 Å². The molecule has 50 valence electrons. The van der Waals surface area contributed by atoms with E-state index in [4.69, 9.17) is 0 Å². The molecule has 0 saturated heterocycles. The van der Waals surface area contributed by atoms with Crippen LogP contribution in [0.25, 0.3) is 0 Å². The van der Waals surface area contributed by atoms with E-state index in [1.165, 1.54) is 25.7 Å². The van der Waals surface area contributed by atoms with Gasteiger partial charge in [-0.3, -0.25) is 0 Å². The second kappa shape index (κ2) is 4.56. The first-order chi connectivity index (χ1) is 4.34. The Morgan fingerprint density at radius 1 is 1.33 bits per heavy atom. The van der Waals surface area contributed by atoms with Gasteiger partial charge in [0.25, 0.3) is 0 Å². The third-order valence-corrected chi connectivity index (χ3v) is 6.62. The Morgan fingerprint density at radius 3 is 2.44 bits per heavy atom. The Hall–Kier alpha value is 1.71. The fraction of sp³-hybridized carbons (Fsp3) is 1.00. The molecule has 0 aromatic carbocycles. The van der Waals surface area contributed by atoms with E-state index in [1.54, 1.807) is 0 Å². The van der Waals surface area contributed by atoms with Crippen molar-refractivity contribution in [1.82, 2.24) is 0 Å². The molecule has 2 heteroatoms. The molecule has 0 aliphatic heterocycles. The second-order valence-electron chi connectivity index (χ2n) is 2.94. The van der Waals surface area contributed by atoms with Gasteiger partial charge >= 0.3 is 86.6 Å². The molecule has 9 heavy (non-hydrogen) atoms. The van der Waals surface area contributed by atoms with Crippen molar-refractivity contribution in [2.45, 2.75) is 37.9 Å². The van der Waals surface area contributed by atoms with E-state index < -0.39 is 0 Å². The van der Waals surface area contributed by atoms with Gasteiger partial charge in [-0.15, -0.1) is 0 Å². The van der Waals surface area contributed by atoms with Crippen LogP contribution in [0.5, 0.6) is 0 Å². The van der Waals surface area contributed by atoms with Gasteiger partial charge in [0.1, 0.15) is 0 Å². The molecule has 1 fully saturated rings. The summed E-state index contributed by atoms with van der Waals surface area (Å²) >= 11 is 1.15. The average Bonchev–Trinajstić information content (AvgIpc) is 1.89. The van der Waals surface area contributed by atoms with Crippen molar-refractivity contribution < 1.29 is 37.3 Å². The first-order valence-electron chi connectivity index (χ1n) is 3.70. The Labute approximate surface area is 85.5 Å². The van der Waals surface area contributed by atoms with Gasteiger partial charge in [0.05, 0.1) is 0 Å². The zero-order valence-electron chi connectivity index (χ0n) is 5.97. The molecule has 1 rings (SSSR count). The molecular formula is C7H13PrS. The first kappa shape index (κ1) is 8.81. The van der Waals surface area contributed by atoms with Gasteiger partial charge in [-0.25, -0.2) is 0 Å². The number of hydrogen-bond donors (Lipinski definition) is 0. The summed E-state index contributed by atoms with van der Waals surface area (Å²) < 4.78 is 0.